The van der Waals surface area contributed by atoms with Crippen molar-refractivity contribution in [2.24, 2.45) is 0 Å². The number of nitrogens with one attached hydrogen (secondary N) is 3. The number of carbonyl (C=O) groups excluding carboxylic acids is 3. The molecule has 90 valence electrons. The Labute approximate surface area is 98.1 Å². The number of amides is 4. The van der Waals surface area contributed by atoms with Gasteiger partial charge in [0, 0.05) is 6.04 Å². The van der Waals surface area contributed by atoms with Gasteiger partial charge < -0.3 is 10.6 Å². The minimum atomic E-state index is -0.718. The highest BCUT2D eigenvalue weighted by Crippen LogP contribution is 2.18. The standard InChI is InChI=1S/C9H14ClN3O3/c1-5(8(15)12-6-2-3-6)11-9(16)13-7(14)4-10/h5-6H,2-4H2,1H3,(H,12,15)(H2,11,13,14,16). The van der Waals surface area contributed by atoms with E-state index >= 15 is 0 Å². The van der Waals surface area contributed by atoms with Crippen LogP contribution in [0.25, 0.3) is 0 Å². The zero-order valence-corrected chi connectivity index (χ0v) is 9.63. The first-order chi connectivity index (χ1) is 7.52. The number of halogens is 1. The number of carbonyl (C=O) groups is 3. The Bertz CT molecular complexity index is 304. The number of urea groups is 1. The molecule has 1 saturated carbocycles. The van der Waals surface area contributed by atoms with Crippen LogP contribution in [-0.4, -0.2) is 35.8 Å². The van der Waals surface area contributed by atoms with E-state index in [1.165, 1.54) is 0 Å². The molecule has 7 heteroatoms. The van der Waals surface area contributed by atoms with E-state index in [1.54, 1.807) is 6.92 Å². The van der Waals surface area contributed by atoms with Crippen molar-refractivity contribution >= 4 is 29.4 Å². The van der Waals surface area contributed by atoms with Gasteiger partial charge >= 0.3 is 6.03 Å². The predicted molar refractivity (Wildman–Crippen MR) is 58.0 cm³/mol. The molecule has 1 aliphatic rings. The van der Waals surface area contributed by atoms with E-state index in [0.29, 0.717) is 0 Å². The Balaban J connectivity index is 2.25. The first kappa shape index (κ1) is 12.8. The van der Waals surface area contributed by atoms with E-state index in [1.807, 2.05) is 5.32 Å². The number of hydrogen-bond donors (Lipinski definition) is 3. The normalized spacial score (nSPS) is 16.1. The van der Waals surface area contributed by atoms with Gasteiger partial charge in [0.25, 0.3) is 0 Å². The van der Waals surface area contributed by atoms with Crippen molar-refractivity contribution in [1.29, 1.82) is 0 Å². The molecule has 0 heterocycles. The molecule has 0 aromatic rings. The second-order valence-corrected chi connectivity index (χ2v) is 3.93. The third-order valence-electron chi connectivity index (χ3n) is 2.04. The van der Waals surface area contributed by atoms with Gasteiger partial charge in [-0.3, -0.25) is 14.9 Å². The van der Waals surface area contributed by atoms with Gasteiger partial charge in [0.05, 0.1) is 0 Å². The highest BCUT2D eigenvalue weighted by molar-refractivity contribution is 6.28. The van der Waals surface area contributed by atoms with Gasteiger partial charge in [-0.1, -0.05) is 0 Å². The van der Waals surface area contributed by atoms with Crippen molar-refractivity contribution in [1.82, 2.24) is 16.0 Å². The van der Waals surface area contributed by atoms with Gasteiger partial charge in [-0.05, 0) is 19.8 Å². The fraction of sp³-hybridized carbons (Fsp3) is 0.667. The minimum absolute atomic E-state index is 0.240. The molecule has 4 amide bonds. The quantitative estimate of drug-likeness (QED) is 0.597. The van der Waals surface area contributed by atoms with Crippen LogP contribution in [0.15, 0.2) is 0 Å². The van der Waals surface area contributed by atoms with E-state index < -0.39 is 18.0 Å². The van der Waals surface area contributed by atoms with Crippen LogP contribution in [0.2, 0.25) is 0 Å². The zero-order valence-electron chi connectivity index (χ0n) is 8.88. The van der Waals surface area contributed by atoms with Crippen molar-refractivity contribution in [3.63, 3.8) is 0 Å². The molecule has 1 fully saturated rings. The van der Waals surface area contributed by atoms with E-state index in [-0.39, 0.29) is 17.8 Å². The second-order valence-electron chi connectivity index (χ2n) is 3.66. The summed E-state index contributed by atoms with van der Waals surface area (Å²) < 4.78 is 0. The molecule has 0 aliphatic heterocycles. The lowest BCUT2D eigenvalue weighted by molar-refractivity contribution is -0.123. The Morgan fingerprint density at radius 3 is 2.50 bits per heavy atom. The van der Waals surface area contributed by atoms with Crippen LogP contribution in [0.3, 0.4) is 0 Å². The number of alkyl halides is 1. The van der Waals surface area contributed by atoms with E-state index in [0.717, 1.165) is 12.8 Å². The first-order valence-corrected chi connectivity index (χ1v) is 5.53. The van der Waals surface area contributed by atoms with E-state index in [2.05, 4.69) is 10.6 Å². The van der Waals surface area contributed by atoms with Crippen LogP contribution in [0.1, 0.15) is 19.8 Å². The minimum Gasteiger partial charge on any atom is -0.352 e. The van der Waals surface area contributed by atoms with Crippen molar-refractivity contribution < 1.29 is 14.4 Å². The maximum atomic E-state index is 11.4. The van der Waals surface area contributed by atoms with Gasteiger partial charge in [0.1, 0.15) is 11.9 Å². The Morgan fingerprint density at radius 1 is 1.38 bits per heavy atom. The molecular weight excluding hydrogens is 234 g/mol. The van der Waals surface area contributed by atoms with Gasteiger partial charge in [-0.2, -0.15) is 0 Å². The smallest absolute Gasteiger partial charge is 0.322 e. The Kier molecular flexibility index (Phi) is 4.54. The molecule has 1 aliphatic carbocycles. The second kappa shape index (κ2) is 5.69. The summed E-state index contributed by atoms with van der Waals surface area (Å²) in [5, 5.41) is 7.05. The molecule has 0 saturated heterocycles. The SMILES string of the molecule is CC(NC(=O)NC(=O)CCl)C(=O)NC1CC1. The van der Waals surface area contributed by atoms with Crippen molar-refractivity contribution in [3.05, 3.63) is 0 Å². The molecule has 0 bridgehead atoms. The molecule has 0 radical (unpaired) electrons. The summed E-state index contributed by atoms with van der Waals surface area (Å²) in [6.07, 6.45) is 1.96. The van der Waals surface area contributed by atoms with Gasteiger partial charge in [0.2, 0.25) is 11.8 Å². The summed E-state index contributed by atoms with van der Waals surface area (Å²) >= 11 is 5.20. The first-order valence-electron chi connectivity index (χ1n) is 4.99. The van der Waals surface area contributed by atoms with E-state index in [4.69, 9.17) is 11.6 Å². The molecule has 1 rings (SSSR count). The maximum absolute atomic E-state index is 11.4. The molecule has 16 heavy (non-hydrogen) atoms. The van der Waals surface area contributed by atoms with E-state index in [9.17, 15) is 14.4 Å². The van der Waals surface area contributed by atoms with Crippen molar-refractivity contribution in [3.8, 4) is 0 Å². The average molecular weight is 248 g/mol. The van der Waals surface area contributed by atoms with Gasteiger partial charge in [-0.15, -0.1) is 11.6 Å². The summed E-state index contributed by atoms with van der Waals surface area (Å²) in [6.45, 7) is 1.54. The summed E-state index contributed by atoms with van der Waals surface area (Å²) in [6, 6.07) is -1.16. The van der Waals surface area contributed by atoms with Crippen molar-refractivity contribution in [2.45, 2.75) is 31.8 Å². The molecule has 1 unspecified atom stereocenters. The van der Waals surface area contributed by atoms with Gasteiger partial charge in [-0.25, -0.2) is 4.79 Å². The molecule has 0 aromatic carbocycles. The molecule has 0 spiro atoms. The lowest BCUT2D eigenvalue weighted by Crippen LogP contribution is -2.50. The highest BCUT2D eigenvalue weighted by Gasteiger charge is 2.26. The lowest BCUT2D eigenvalue weighted by Gasteiger charge is -2.13. The molecular formula is C9H14ClN3O3. The third kappa shape index (κ3) is 4.48. The summed E-state index contributed by atoms with van der Waals surface area (Å²) in [5.41, 5.74) is 0. The van der Waals surface area contributed by atoms with Crippen LogP contribution in [0.4, 0.5) is 4.79 Å². The molecule has 3 N–H and O–H groups in total. The van der Waals surface area contributed by atoms with Crippen LogP contribution in [0, 0.1) is 0 Å². The van der Waals surface area contributed by atoms with Crippen LogP contribution < -0.4 is 16.0 Å². The van der Waals surface area contributed by atoms with Gasteiger partial charge in [0.15, 0.2) is 0 Å². The average Bonchev–Trinajstić information content (AvgIpc) is 3.01. The Hall–Kier alpha value is -1.30. The number of rotatable bonds is 4. The zero-order chi connectivity index (χ0) is 12.1. The fourth-order valence-corrected chi connectivity index (χ4v) is 1.08. The third-order valence-corrected chi connectivity index (χ3v) is 2.28. The topological polar surface area (TPSA) is 87.3 Å². The summed E-state index contributed by atoms with van der Waals surface area (Å²) in [4.78, 5) is 33.3. The summed E-state index contributed by atoms with van der Waals surface area (Å²) in [5.74, 6) is -1.15. The summed E-state index contributed by atoms with van der Waals surface area (Å²) in [7, 11) is 0. The fourth-order valence-electron chi connectivity index (χ4n) is 1.01. The monoisotopic (exact) mass is 247 g/mol. The highest BCUT2D eigenvalue weighted by atomic mass is 35.5. The maximum Gasteiger partial charge on any atom is 0.322 e. The Morgan fingerprint density at radius 2 is 2.00 bits per heavy atom. The lowest BCUT2D eigenvalue weighted by atomic mass is 10.3. The van der Waals surface area contributed by atoms with Crippen molar-refractivity contribution in [2.75, 3.05) is 5.88 Å². The predicted octanol–water partition coefficient (Wildman–Crippen LogP) is -0.282. The largest absolute Gasteiger partial charge is 0.352 e. The molecule has 0 aromatic heterocycles. The number of imide groups is 1. The van der Waals surface area contributed by atoms with Crippen LogP contribution >= 0.6 is 11.6 Å². The molecule has 1 atom stereocenters. The molecule has 6 nitrogen and oxygen atoms in total. The number of hydrogen-bond acceptors (Lipinski definition) is 3. The van der Waals surface area contributed by atoms with Crippen LogP contribution in [0.5, 0.6) is 0 Å². The van der Waals surface area contributed by atoms with Crippen LogP contribution in [-0.2, 0) is 9.59 Å².